The van der Waals surface area contributed by atoms with Crippen molar-refractivity contribution in [1.82, 2.24) is 20.4 Å². The number of nitrogens with one attached hydrogen (secondary N) is 2. The predicted octanol–water partition coefficient (Wildman–Crippen LogP) is -1.38. The van der Waals surface area contributed by atoms with E-state index in [9.17, 15) is 14.7 Å². The van der Waals surface area contributed by atoms with Crippen molar-refractivity contribution in [2.24, 2.45) is 0 Å². The lowest BCUT2D eigenvalue weighted by Crippen LogP contribution is -2.42. The fraction of sp³-hybridized carbons (Fsp3) is 0.588. The van der Waals surface area contributed by atoms with Gasteiger partial charge in [-0.15, -0.1) is 0 Å². The molecule has 2 aliphatic rings. The van der Waals surface area contributed by atoms with Gasteiger partial charge in [-0.3, -0.25) is 19.4 Å². The number of carbonyl (C=O) groups is 2. The summed E-state index contributed by atoms with van der Waals surface area (Å²) in [6.07, 6.45) is 8.09. The Morgan fingerprint density at radius 3 is 2.12 bits per heavy atom. The minimum absolute atomic E-state index is 0.0941. The van der Waals surface area contributed by atoms with E-state index in [1.807, 2.05) is 12.8 Å². The van der Waals surface area contributed by atoms with Gasteiger partial charge in [0, 0.05) is 52.4 Å². The molecule has 133 valence electrons. The summed E-state index contributed by atoms with van der Waals surface area (Å²) in [5.74, 6) is 0.743. The quantitative estimate of drug-likeness (QED) is 0.552. The molecule has 7 nitrogen and oxygen atoms in total. The van der Waals surface area contributed by atoms with Crippen LogP contribution in [0.2, 0.25) is 0 Å². The Kier molecular flexibility index (Phi) is 8.49. The summed E-state index contributed by atoms with van der Waals surface area (Å²) in [7, 11) is 0. The van der Waals surface area contributed by atoms with E-state index >= 15 is 0 Å². The Morgan fingerprint density at radius 1 is 0.917 bits per heavy atom. The van der Waals surface area contributed by atoms with Crippen molar-refractivity contribution in [1.29, 1.82) is 0 Å². The number of amides is 2. The zero-order valence-corrected chi connectivity index (χ0v) is 14.0. The van der Waals surface area contributed by atoms with Crippen LogP contribution in [0.15, 0.2) is 0 Å². The third-order valence-electron chi connectivity index (χ3n) is 4.11. The van der Waals surface area contributed by atoms with E-state index in [4.69, 9.17) is 0 Å². The van der Waals surface area contributed by atoms with Gasteiger partial charge >= 0.3 is 0 Å². The molecule has 2 fully saturated rings. The van der Waals surface area contributed by atoms with Crippen molar-refractivity contribution in [2.75, 3.05) is 59.0 Å². The van der Waals surface area contributed by atoms with E-state index in [0.29, 0.717) is 26.2 Å². The molecule has 1 saturated heterocycles. The highest BCUT2D eigenvalue weighted by Gasteiger charge is 2.21. The van der Waals surface area contributed by atoms with Crippen molar-refractivity contribution in [3.63, 3.8) is 0 Å². The highest BCUT2D eigenvalue weighted by atomic mass is 16.3. The SMILES string of the molecule is O=C1CC(=O)NCCN(C[C]2[CH][CH][CH][CH]2)CCN(CCO)CCN1. The smallest absolute Gasteiger partial charge is 0.229 e. The molecule has 1 heterocycles. The van der Waals surface area contributed by atoms with Crippen LogP contribution in [-0.4, -0.2) is 85.7 Å². The second kappa shape index (κ2) is 10.6. The summed E-state index contributed by atoms with van der Waals surface area (Å²) in [6.45, 7) is 5.55. The van der Waals surface area contributed by atoms with Crippen LogP contribution in [0, 0.1) is 31.6 Å². The lowest BCUT2D eigenvalue weighted by molar-refractivity contribution is -0.129. The zero-order chi connectivity index (χ0) is 17.2. The predicted molar refractivity (Wildman–Crippen MR) is 91.0 cm³/mol. The summed E-state index contributed by atoms with van der Waals surface area (Å²) in [4.78, 5) is 27.9. The maximum atomic E-state index is 11.8. The van der Waals surface area contributed by atoms with Gasteiger partial charge in [-0.25, -0.2) is 0 Å². The summed E-state index contributed by atoms with van der Waals surface area (Å²) in [5.41, 5.74) is 0. The minimum Gasteiger partial charge on any atom is -0.395 e. The Bertz CT molecular complexity index is 399. The molecular weight excluding hydrogens is 308 g/mol. The molecule has 1 aliphatic carbocycles. The van der Waals surface area contributed by atoms with Crippen LogP contribution in [0.4, 0.5) is 0 Å². The zero-order valence-electron chi connectivity index (χ0n) is 14.0. The van der Waals surface area contributed by atoms with Crippen molar-refractivity contribution < 1.29 is 14.7 Å². The van der Waals surface area contributed by atoms with Crippen LogP contribution < -0.4 is 10.6 Å². The molecule has 0 aromatic heterocycles. The highest BCUT2D eigenvalue weighted by Crippen LogP contribution is 2.23. The van der Waals surface area contributed by atoms with Crippen molar-refractivity contribution in [3.05, 3.63) is 31.6 Å². The van der Waals surface area contributed by atoms with E-state index in [1.165, 1.54) is 5.92 Å². The molecule has 2 amide bonds. The van der Waals surface area contributed by atoms with Crippen LogP contribution in [0.3, 0.4) is 0 Å². The molecule has 7 heteroatoms. The molecule has 1 aliphatic heterocycles. The van der Waals surface area contributed by atoms with Gasteiger partial charge in [0.2, 0.25) is 11.8 Å². The Hall–Kier alpha value is -1.18. The van der Waals surface area contributed by atoms with Gasteiger partial charge in [-0.2, -0.15) is 0 Å². The molecule has 0 spiro atoms. The lowest BCUT2D eigenvalue weighted by atomic mass is 10.1. The number of nitrogens with zero attached hydrogens (tertiary/aromatic N) is 2. The van der Waals surface area contributed by atoms with Gasteiger partial charge in [-0.05, 0) is 31.6 Å². The third kappa shape index (κ3) is 7.15. The average molecular weight is 335 g/mol. The molecule has 0 bridgehead atoms. The molecule has 0 atom stereocenters. The van der Waals surface area contributed by atoms with Gasteiger partial charge in [-0.1, -0.05) is 0 Å². The fourth-order valence-electron chi connectivity index (χ4n) is 2.78. The van der Waals surface area contributed by atoms with Crippen LogP contribution in [-0.2, 0) is 9.59 Å². The summed E-state index contributed by atoms with van der Waals surface area (Å²) < 4.78 is 0. The standard InChI is InChI=1S/C17H27N4O3/c22-12-11-20-7-5-18-16(23)13-17(24)19-6-8-21(10-9-20)14-15-3-1-2-4-15/h1-4,22H,5-14H2,(H,18,23)(H,19,24). The second-order valence-corrected chi connectivity index (χ2v) is 6.01. The molecule has 0 aromatic rings. The van der Waals surface area contributed by atoms with Crippen molar-refractivity contribution >= 4 is 11.8 Å². The van der Waals surface area contributed by atoms with Gasteiger partial charge in [0.1, 0.15) is 6.42 Å². The third-order valence-corrected chi connectivity index (χ3v) is 4.11. The topological polar surface area (TPSA) is 84.9 Å². The monoisotopic (exact) mass is 335 g/mol. The normalized spacial score (nSPS) is 23.9. The minimum atomic E-state index is -0.260. The number of aliphatic hydroxyl groups is 1. The van der Waals surface area contributed by atoms with Crippen LogP contribution in [0.25, 0.3) is 0 Å². The van der Waals surface area contributed by atoms with E-state index in [1.54, 1.807) is 0 Å². The molecule has 1 saturated carbocycles. The van der Waals surface area contributed by atoms with Gasteiger partial charge in [0.25, 0.3) is 0 Å². The van der Waals surface area contributed by atoms with E-state index < -0.39 is 0 Å². The fourth-order valence-corrected chi connectivity index (χ4v) is 2.78. The second-order valence-electron chi connectivity index (χ2n) is 6.01. The number of hydrogen-bond donors (Lipinski definition) is 3. The molecular formula is C17H27N4O3. The van der Waals surface area contributed by atoms with Crippen LogP contribution in [0.1, 0.15) is 6.42 Å². The number of β-amino-alcohol motifs (C(OH)–C–C–N with tert-alkyl or cyclic N) is 1. The number of aliphatic hydroxyl groups excluding tert-OH is 1. The molecule has 0 unspecified atom stereocenters. The van der Waals surface area contributed by atoms with Gasteiger partial charge in [0.05, 0.1) is 6.61 Å². The maximum Gasteiger partial charge on any atom is 0.229 e. The summed E-state index contributed by atoms with van der Waals surface area (Å²) in [6, 6.07) is 0. The molecule has 0 aromatic carbocycles. The first-order chi connectivity index (χ1) is 11.7. The van der Waals surface area contributed by atoms with E-state index in [-0.39, 0.29) is 24.8 Å². The number of rotatable bonds is 4. The lowest BCUT2D eigenvalue weighted by Gasteiger charge is -2.28. The number of hydrogen-bond acceptors (Lipinski definition) is 5. The molecule has 3 N–H and O–H groups in total. The Balaban J connectivity index is 1.91. The molecule has 24 heavy (non-hydrogen) atoms. The van der Waals surface area contributed by atoms with E-state index in [0.717, 1.165) is 26.2 Å². The van der Waals surface area contributed by atoms with Crippen molar-refractivity contribution in [2.45, 2.75) is 6.42 Å². The van der Waals surface area contributed by atoms with Gasteiger partial charge < -0.3 is 15.7 Å². The summed E-state index contributed by atoms with van der Waals surface area (Å²) in [5, 5.41) is 14.8. The Labute approximate surface area is 144 Å². The van der Waals surface area contributed by atoms with Gasteiger partial charge in [0.15, 0.2) is 0 Å². The van der Waals surface area contributed by atoms with Crippen molar-refractivity contribution in [3.8, 4) is 0 Å². The first kappa shape index (κ1) is 19.1. The Morgan fingerprint density at radius 2 is 1.50 bits per heavy atom. The molecule has 5 radical (unpaired) electrons. The van der Waals surface area contributed by atoms with E-state index in [2.05, 4.69) is 33.3 Å². The van der Waals surface area contributed by atoms with Crippen LogP contribution >= 0.6 is 0 Å². The maximum absolute atomic E-state index is 11.8. The molecule has 2 rings (SSSR count). The highest BCUT2D eigenvalue weighted by molar-refractivity contribution is 5.96. The largest absolute Gasteiger partial charge is 0.395 e. The van der Waals surface area contributed by atoms with Crippen LogP contribution in [0.5, 0.6) is 0 Å². The first-order valence-electron chi connectivity index (χ1n) is 8.47. The number of carbonyl (C=O) groups excluding carboxylic acids is 2. The average Bonchev–Trinajstić information content (AvgIpc) is 3.04. The summed E-state index contributed by atoms with van der Waals surface area (Å²) >= 11 is 0. The first-order valence-corrected chi connectivity index (χ1v) is 8.47.